The lowest BCUT2D eigenvalue weighted by Crippen LogP contribution is -2.48. The first kappa shape index (κ1) is 20.4. The second-order valence-electron chi connectivity index (χ2n) is 6.98. The molecule has 1 heterocycles. The average Bonchev–Trinajstić information content (AvgIpc) is 2.74. The second kappa shape index (κ2) is 8.81. The van der Waals surface area contributed by atoms with Gasteiger partial charge in [-0.05, 0) is 42.3 Å². The molecule has 1 fully saturated rings. The molecule has 1 saturated heterocycles. The molecule has 7 nitrogen and oxygen atoms in total. The maximum Gasteiger partial charge on any atom is 0.379 e. The lowest BCUT2D eigenvalue weighted by molar-refractivity contribution is -0.129. The molecular formula is C21H25FN4O3. The molecular weight excluding hydrogens is 375 g/mol. The molecule has 1 amide bonds. The third kappa shape index (κ3) is 4.59. The maximum atomic E-state index is 12.3. The van der Waals surface area contributed by atoms with Crippen LogP contribution < -0.4 is 16.0 Å². The summed E-state index contributed by atoms with van der Waals surface area (Å²) in [4.78, 5) is 30.5. The minimum absolute atomic E-state index is 0.0994. The van der Waals surface area contributed by atoms with Crippen LogP contribution in [0.25, 0.3) is 0 Å². The normalized spacial score (nSPS) is 13.9. The van der Waals surface area contributed by atoms with Crippen molar-refractivity contribution in [3.63, 3.8) is 0 Å². The number of aryl methyl sites for hydroxylation is 1. The molecule has 0 atom stereocenters. The number of amides is 1. The molecule has 0 unspecified atom stereocenters. The van der Waals surface area contributed by atoms with Gasteiger partial charge in [-0.2, -0.15) is 0 Å². The number of nitrogens with two attached hydrogens (primary N) is 1. The molecule has 2 aromatic rings. The zero-order valence-corrected chi connectivity index (χ0v) is 16.6. The molecule has 0 radical (unpaired) electrons. The lowest BCUT2D eigenvalue weighted by Gasteiger charge is -2.35. The highest BCUT2D eigenvalue weighted by Crippen LogP contribution is 2.30. The fourth-order valence-electron chi connectivity index (χ4n) is 3.51. The van der Waals surface area contributed by atoms with E-state index in [4.69, 9.17) is 5.73 Å². The van der Waals surface area contributed by atoms with Gasteiger partial charge in [-0.15, -0.1) is 0 Å². The molecule has 1 aliphatic heterocycles. The molecule has 0 saturated carbocycles. The van der Waals surface area contributed by atoms with Crippen LogP contribution in [0.5, 0.6) is 0 Å². The van der Waals surface area contributed by atoms with E-state index in [1.165, 1.54) is 6.07 Å². The minimum atomic E-state index is -1.05. The van der Waals surface area contributed by atoms with E-state index in [1.54, 1.807) is 13.0 Å². The predicted molar refractivity (Wildman–Crippen MR) is 111 cm³/mol. The van der Waals surface area contributed by atoms with Crippen molar-refractivity contribution in [2.45, 2.75) is 20.3 Å². The van der Waals surface area contributed by atoms with Crippen molar-refractivity contribution >= 4 is 34.6 Å². The minimum Gasteiger partial charge on any atom is -0.397 e. The number of benzene rings is 2. The molecule has 154 valence electrons. The summed E-state index contributed by atoms with van der Waals surface area (Å²) in [5.41, 5.74) is 9.67. The van der Waals surface area contributed by atoms with Gasteiger partial charge < -0.3 is 20.9 Å². The first-order valence-electron chi connectivity index (χ1n) is 9.55. The highest BCUT2D eigenvalue weighted by Gasteiger charge is 2.19. The molecule has 0 aliphatic carbocycles. The van der Waals surface area contributed by atoms with Gasteiger partial charge in [-0.3, -0.25) is 4.79 Å². The van der Waals surface area contributed by atoms with Crippen molar-refractivity contribution in [1.82, 2.24) is 4.90 Å². The Balaban J connectivity index is 1.79. The van der Waals surface area contributed by atoms with Crippen LogP contribution in [0.1, 0.15) is 29.8 Å². The fraction of sp³-hybridized carbons (Fsp3) is 0.333. The number of hydrogen-bond donors (Lipinski definition) is 2. The zero-order valence-electron chi connectivity index (χ0n) is 16.6. The molecule has 0 spiro atoms. The van der Waals surface area contributed by atoms with E-state index in [0.29, 0.717) is 36.4 Å². The number of piperazine rings is 1. The van der Waals surface area contributed by atoms with Crippen molar-refractivity contribution in [1.29, 1.82) is 0 Å². The van der Waals surface area contributed by atoms with Gasteiger partial charge in [0, 0.05) is 49.0 Å². The highest BCUT2D eigenvalue weighted by molar-refractivity contribution is 5.94. The Kier molecular flexibility index (Phi) is 6.21. The SMILES string of the molecule is CCc1cc(Nc2cccc(N3CCN(C(C)=O)CC3)c2)c(N)cc1C(=O)OF. The van der Waals surface area contributed by atoms with Gasteiger partial charge >= 0.3 is 5.97 Å². The summed E-state index contributed by atoms with van der Waals surface area (Å²) in [5.74, 6) is -0.950. The van der Waals surface area contributed by atoms with Crippen LogP contribution >= 0.6 is 0 Å². The van der Waals surface area contributed by atoms with Gasteiger partial charge in [-0.25, -0.2) is 9.74 Å². The summed E-state index contributed by atoms with van der Waals surface area (Å²) in [5, 5.41) is 3.28. The third-order valence-corrected chi connectivity index (χ3v) is 5.16. The quantitative estimate of drug-likeness (QED) is 0.749. The van der Waals surface area contributed by atoms with Gasteiger partial charge in [0.15, 0.2) is 0 Å². The van der Waals surface area contributed by atoms with E-state index < -0.39 is 5.97 Å². The van der Waals surface area contributed by atoms with Gasteiger partial charge in [0.05, 0.1) is 16.9 Å². The Morgan fingerprint density at radius 3 is 2.52 bits per heavy atom. The number of nitrogen functional groups attached to an aromatic ring is 1. The second-order valence-corrected chi connectivity index (χ2v) is 6.98. The van der Waals surface area contributed by atoms with Crippen LogP contribution in [0.3, 0.4) is 0 Å². The van der Waals surface area contributed by atoms with E-state index in [9.17, 15) is 14.1 Å². The van der Waals surface area contributed by atoms with Crippen LogP contribution in [-0.4, -0.2) is 43.0 Å². The van der Waals surface area contributed by atoms with E-state index >= 15 is 0 Å². The lowest BCUT2D eigenvalue weighted by atomic mass is 10.0. The summed E-state index contributed by atoms with van der Waals surface area (Å²) in [7, 11) is 0. The summed E-state index contributed by atoms with van der Waals surface area (Å²) < 4.78 is 12.3. The van der Waals surface area contributed by atoms with Crippen molar-refractivity contribution in [2.24, 2.45) is 0 Å². The predicted octanol–water partition coefficient (Wildman–Crippen LogP) is 3.28. The molecule has 0 aromatic heterocycles. The Labute approximate surface area is 169 Å². The van der Waals surface area contributed by atoms with Crippen LogP contribution in [0.4, 0.5) is 27.3 Å². The number of carbonyl (C=O) groups is 2. The van der Waals surface area contributed by atoms with Crippen LogP contribution in [-0.2, 0) is 16.2 Å². The average molecular weight is 400 g/mol. The number of carbonyl (C=O) groups excluding carboxylic acids is 2. The number of hydrogen-bond acceptors (Lipinski definition) is 6. The van der Waals surface area contributed by atoms with Gasteiger partial charge in [0.1, 0.15) is 0 Å². The van der Waals surface area contributed by atoms with E-state index in [1.807, 2.05) is 36.1 Å². The third-order valence-electron chi connectivity index (χ3n) is 5.16. The van der Waals surface area contributed by atoms with Crippen LogP contribution in [0.15, 0.2) is 36.4 Å². The number of halogens is 1. The monoisotopic (exact) mass is 400 g/mol. The first-order chi connectivity index (χ1) is 13.9. The van der Waals surface area contributed by atoms with Crippen molar-refractivity contribution < 1.29 is 19.1 Å². The number of anilines is 4. The number of nitrogens with zero attached hydrogens (tertiary/aromatic N) is 2. The molecule has 2 aromatic carbocycles. The van der Waals surface area contributed by atoms with E-state index in [0.717, 1.165) is 24.5 Å². The zero-order chi connectivity index (χ0) is 21.0. The molecule has 0 bridgehead atoms. The van der Waals surface area contributed by atoms with Crippen molar-refractivity contribution in [3.05, 3.63) is 47.5 Å². The molecule has 3 rings (SSSR count). The summed E-state index contributed by atoms with van der Waals surface area (Å²) >= 11 is 0. The molecule has 29 heavy (non-hydrogen) atoms. The molecule has 3 N–H and O–H groups in total. The van der Waals surface area contributed by atoms with E-state index in [-0.39, 0.29) is 11.5 Å². The Morgan fingerprint density at radius 2 is 1.90 bits per heavy atom. The fourth-order valence-corrected chi connectivity index (χ4v) is 3.51. The Morgan fingerprint density at radius 1 is 1.17 bits per heavy atom. The number of nitrogens with one attached hydrogen (secondary N) is 1. The molecule has 8 heteroatoms. The highest BCUT2D eigenvalue weighted by atomic mass is 19.3. The smallest absolute Gasteiger partial charge is 0.379 e. The topological polar surface area (TPSA) is 87.9 Å². The summed E-state index contributed by atoms with van der Waals surface area (Å²) in [6.45, 7) is 6.40. The molecule has 1 aliphatic rings. The summed E-state index contributed by atoms with van der Waals surface area (Å²) in [6, 6.07) is 11.1. The largest absolute Gasteiger partial charge is 0.397 e. The van der Waals surface area contributed by atoms with Gasteiger partial charge in [-0.1, -0.05) is 13.0 Å². The number of rotatable bonds is 5. The van der Waals surface area contributed by atoms with Gasteiger partial charge in [0.2, 0.25) is 5.91 Å². The first-order valence-corrected chi connectivity index (χ1v) is 9.55. The van der Waals surface area contributed by atoms with Crippen molar-refractivity contribution in [2.75, 3.05) is 42.1 Å². The van der Waals surface area contributed by atoms with Crippen molar-refractivity contribution in [3.8, 4) is 0 Å². The Hall–Kier alpha value is -3.29. The van der Waals surface area contributed by atoms with Gasteiger partial charge in [0.25, 0.3) is 0 Å². The maximum absolute atomic E-state index is 12.3. The van der Waals surface area contributed by atoms with E-state index in [2.05, 4.69) is 15.2 Å². The standard InChI is InChI=1S/C21H25FN4O3/c1-3-15-11-20(19(23)13-18(15)21(28)29-22)24-16-5-4-6-17(12-16)26-9-7-25(8-10-26)14(2)27/h4-6,11-13,24H,3,7-10,23H2,1-2H3. The summed E-state index contributed by atoms with van der Waals surface area (Å²) in [6.07, 6.45) is 0.528. The Bertz CT molecular complexity index is 911. The van der Waals surface area contributed by atoms with Crippen LogP contribution in [0, 0.1) is 0 Å². The van der Waals surface area contributed by atoms with Crippen LogP contribution in [0.2, 0.25) is 0 Å².